The lowest BCUT2D eigenvalue weighted by atomic mass is 9.75. The number of hydrazine groups is 1. The quantitative estimate of drug-likeness (QED) is 0.660. The third-order valence-corrected chi connectivity index (χ3v) is 4.75. The van der Waals surface area contributed by atoms with Crippen LogP contribution in [0, 0.1) is 5.41 Å². The van der Waals surface area contributed by atoms with E-state index in [0.29, 0.717) is 0 Å². The maximum atomic E-state index is 5.80. The number of hydrogen-bond acceptors (Lipinski definition) is 4. The maximum Gasteiger partial charge on any atom is 0.153 e. The van der Waals surface area contributed by atoms with Gasteiger partial charge in [-0.15, -0.1) is 5.10 Å². The Morgan fingerprint density at radius 1 is 1.53 bits per heavy atom. The van der Waals surface area contributed by atoms with E-state index in [1.54, 1.807) is 0 Å². The zero-order chi connectivity index (χ0) is 12.5. The summed E-state index contributed by atoms with van der Waals surface area (Å²) in [6, 6.07) is 0.115. The van der Waals surface area contributed by atoms with Crippen molar-refractivity contribution < 1.29 is 0 Å². The van der Waals surface area contributed by atoms with Gasteiger partial charge in [0.05, 0.1) is 11.7 Å². The highest BCUT2D eigenvalue weighted by Gasteiger charge is 2.42. The molecule has 0 aliphatic heterocycles. The normalized spacial score (nSPS) is 20.7. The molecule has 1 fully saturated rings. The van der Waals surface area contributed by atoms with Crippen LogP contribution in [0.3, 0.4) is 0 Å². The zero-order valence-corrected chi connectivity index (χ0v) is 12.0. The van der Waals surface area contributed by atoms with E-state index in [-0.39, 0.29) is 11.5 Å². The highest BCUT2D eigenvalue weighted by molar-refractivity contribution is 9.10. The molecule has 0 spiro atoms. The largest absolute Gasteiger partial charge is 0.271 e. The van der Waals surface area contributed by atoms with Crippen molar-refractivity contribution in [2.75, 3.05) is 0 Å². The molecule has 1 heterocycles. The summed E-state index contributed by atoms with van der Waals surface area (Å²) in [6.45, 7) is 2.24. The van der Waals surface area contributed by atoms with Crippen LogP contribution < -0.4 is 11.3 Å². The van der Waals surface area contributed by atoms with Crippen molar-refractivity contribution in [3.05, 3.63) is 10.3 Å². The van der Waals surface area contributed by atoms with Crippen LogP contribution in [0.25, 0.3) is 0 Å². The van der Waals surface area contributed by atoms with E-state index in [9.17, 15) is 0 Å². The number of nitrogens with zero attached hydrogens (tertiary/aromatic N) is 3. The van der Waals surface area contributed by atoms with Crippen molar-refractivity contribution >= 4 is 15.9 Å². The van der Waals surface area contributed by atoms with Crippen molar-refractivity contribution in [1.82, 2.24) is 20.4 Å². The number of aryl methyl sites for hydroxylation is 1. The Labute approximate surface area is 110 Å². The molecule has 1 atom stereocenters. The van der Waals surface area contributed by atoms with Gasteiger partial charge in [0.1, 0.15) is 0 Å². The smallest absolute Gasteiger partial charge is 0.153 e. The first kappa shape index (κ1) is 13.0. The molecule has 1 unspecified atom stereocenters. The fraction of sp³-hybridized carbons (Fsp3) is 0.818. The number of halogens is 1. The van der Waals surface area contributed by atoms with E-state index >= 15 is 0 Å². The van der Waals surface area contributed by atoms with Gasteiger partial charge < -0.3 is 0 Å². The summed E-state index contributed by atoms with van der Waals surface area (Å²) in [5.74, 6) is 5.80. The molecule has 0 aromatic carbocycles. The number of aromatic nitrogens is 3. The van der Waals surface area contributed by atoms with Crippen LogP contribution in [-0.4, -0.2) is 15.0 Å². The second-order valence-electron chi connectivity index (χ2n) is 4.91. The first-order valence-electron chi connectivity index (χ1n) is 6.16. The summed E-state index contributed by atoms with van der Waals surface area (Å²) in [5.41, 5.74) is 4.28. The molecule has 1 aromatic rings. The van der Waals surface area contributed by atoms with Gasteiger partial charge in [-0.2, -0.15) is 0 Å². The average molecular weight is 302 g/mol. The van der Waals surface area contributed by atoms with E-state index in [2.05, 4.69) is 38.6 Å². The lowest BCUT2D eigenvalue weighted by Gasteiger charge is -2.36. The van der Waals surface area contributed by atoms with E-state index in [1.165, 1.54) is 25.7 Å². The second-order valence-corrected chi connectivity index (χ2v) is 5.66. The molecule has 3 N–H and O–H groups in total. The van der Waals surface area contributed by atoms with Crippen LogP contribution in [0.4, 0.5) is 0 Å². The summed E-state index contributed by atoms with van der Waals surface area (Å²) in [6.07, 6.45) is 6.13. The summed E-state index contributed by atoms with van der Waals surface area (Å²) in [7, 11) is 1.91. The summed E-state index contributed by atoms with van der Waals surface area (Å²) in [5, 5.41) is 8.10. The zero-order valence-electron chi connectivity index (χ0n) is 10.4. The second kappa shape index (κ2) is 5.04. The molecule has 0 bridgehead atoms. The van der Waals surface area contributed by atoms with Gasteiger partial charge in [0.15, 0.2) is 4.60 Å². The molecule has 5 nitrogen and oxygen atoms in total. The van der Waals surface area contributed by atoms with Crippen LogP contribution in [0.5, 0.6) is 0 Å². The number of rotatable bonds is 4. The van der Waals surface area contributed by atoms with Gasteiger partial charge in [-0.1, -0.05) is 25.0 Å². The lowest BCUT2D eigenvalue weighted by Crippen LogP contribution is -2.41. The van der Waals surface area contributed by atoms with Crippen molar-refractivity contribution in [1.29, 1.82) is 0 Å². The van der Waals surface area contributed by atoms with E-state index in [4.69, 9.17) is 5.84 Å². The molecule has 1 saturated carbocycles. The SMILES string of the molecule is CCC1(C(NN)c2c(Br)nnn2C)CCCC1. The predicted molar refractivity (Wildman–Crippen MR) is 70.0 cm³/mol. The Morgan fingerprint density at radius 2 is 2.18 bits per heavy atom. The highest BCUT2D eigenvalue weighted by atomic mass is 79.9. The Hall–Kier alpha value is -0.460. The van der Waals surface area contributed by atoms with Gasteiger partial charge >= 0.3 is 0 Å². The molecule has 0 amide bonds. The first-order chi connectivity index (χ1) is 8.14. The van der Waals surface area contributed by atoms with E-state index in [1.807, 2.05) is 11.7 Å². The van der Waals surface area contributed by atoms with Gasteiger partial charge in [0.2, 0.25) is 0 Å². The van der Waals surface area contributed by atoms with Crippen LogP contribution >= 0.6 is 15.9 Å². The molecule has 6 heteroatoms. The molecule has 1 aromatic heterocycles. The summed E-state index contributed by atoms with van der Waals surface area (Å²) >= 11 is 3.47. The number of hydrogen-bond donors (Lipinski definition) is 2. The Bertz CT molecular complexity index is 364. The summed E-state index contributed by atoms with van der Waals surface area (Å²) in [4.78, 5) is 0. The van der Waals surface area contributed by atoms with Gasteiger partial charge in [-0.3, -0.25) is 11.3 Å². The van der Waals surface area contributed by atoms with Gasteiger partial charge in [-0.05, 0) is 40.6 Å². The lowest BCUT2D eigenvalue weighted by molar-refractivity contribution is 0.180. The third-order valence-electron chi connectivity index (χ3n) is 4.18. The Morgan fingerprint density at radius 3 is 2.59 bits per heavy atom. The van der Waals surface area contributed by atoms with Crippen LogP contribution in [0.2, 0.25) is 0 Å². The summed E-state index contributed by atoms with van der Waals surface area (Å²) < 4.78 is 2.60. The minimum absolute atomic E-state index is 0.115. The van der Waals surface area contributed by atoms with E-state index in [0.717, 1.165) is 16.7 Å². The van der Waals surface area contributed by atoms with Gasteiger partial charge in [-0.25, -0.2) is 4.68 Å². The van der Waals surface area contributed by atoms with Crippen LogP contribution in [-0.2, 0) is 7.05 Å². The van der Waals surface area contributed by atoms with Crippen molar-refractivity contribution in [3.8, 4) is 0 Å². The molecular weight excluding hydrogens is 282 g/mol. The van der Waals surface area contributed by atoms with Gasteiger partial charge in [0.25, 0.3) is 0 Å². The molecule has 1 aliphatic carbocycles. The molecule has 17 heavy (non-hydrogen) atoms. The maximum absolute atomic E-state index is 5.80. The number of nitrogens with one attached hydrogen (secondary N) is 1. The molecular formula is C11H20BrN5. The monoisotopic (exact) mass is 301 g/mol. The van der Waals surface area contributed by atoms with Crippen molar-refractivity contribution in [3.63, 3.8) is 0 Å². The first-order valence-corrected chi connectivity index (χ1v) is 6.95. The van der Waals surface area contributed by atoms with Gasteiger partial charge in [0, 0.05) is 7.05 Å². The van der Waals surface area contributed by atoms with Crippen LogP contribution in [0.1, 0.15) is 50.8 Å². The molecule has 0 radical (unpaired) electrons. The molecule has 2 rings (SSSR count). The highest BCUT2D eigenvalue weighted by Crippen LogP contribution is 2.50. The Kier molecular flexibility index (Phi) is 3.85. The van der Waals surface area contributed by atoms with Crippen LogP contribution in [0.15, 0.2) is 4.60 Å². The fourth-order valence-corrected chi connectivity index (χ4v) is 3.67. The van der Waals surface area contributed by atoms with Crippen molar-refractivity contribution in [2.24, 2.45) is 18.3 Å². The number of nitrogens with two attached hydrogens (primary N) is 1. The Balaban J connectivity index is 2.39. The average Bonchev–Trinajstić information content (AvgIpc) is 2.92. The molecule has 96 valence electrons. The van der Waals surface area contributed by atoms with Crippen molar-refractivity contribution in [2.45, 2.75) is 45.1 Å². The standard InChI is InChI=1S/C11H20BrN5/c1-3-11(6-4-5-7-11)9(14-13)8-10(12)15-16-17(8)2/h9,14H,3-7,13H2,1-2H3. The molecule has 0 saturated heterocycles. The topological polar surface area (TPSA) is 68.8 Å². The minimum Gasteiger partial charge on any atom is -0.271 e. The third kappa shape index (κ3) is 2.13. The molecule has 1 aliphatic rings. The predicted octanol–water partition coefficient (Wildman–Crippen LogP) is 2.05. The fourth-order valence-electron chi connectivity index (χ4n) is 3.12. The van der Waals surface area contributed by atoms with E-state index < -0.39 is 0 Å². The minimum atomic E-state index is 0.115.